The van der Waals surface area contributed by atoms with Gasteiger partial charge < -0.3 is 26.0 Å². The Bertz CT molecular complexity index is 835. The van der Waals surface area contributed by atoms with Crippen LogP contribution in [0.3, 0.4) is 0 Å². The number of methoxy groups -OCH3 is 1. The largest absolute Gasteiger partial charge is 0.453 e. The summed E-state index contributed by atoms with van der Waals surface area (Å²) in [5.74, 6) is -0.356. The molecule has 0 bridgehead atoms. The van der Waals surface area contributed by atoms with Gasteiger partial charge in [0, 0.05) is 18.7 Å². The zero-order valence-electron chi connectivity index (χ0n) is 18.6. The fourth-order valence-corrected chi connectivity index (χ4v) is 4.63. The van der Waals surface area contributed by atoms with Gasteiger partial charge in [0.05, 0.1) is 7.11 Å². The molecule has 2 unspecified atom stereocenters. The maximum absolute atomic E-state index is 13.4. The minimum Gasteiger partial charge on any atom is -0.453 e. The van der Waals surface area contributed by atoms with Crippen LogP contribution in [0.2, 0.25) is 0 Å². The lowest BCUT2D eigenvalue weighted by Crippen LogP contribution is -2.56. The van der Waals surface area contributed by atoms with Crippen LogP contribution < -0.4 is 16.4 Å². The molecule has 9 nitrogen and oxygen atoms in total. The van der Waals surface area contributed by atoms with Crippen molar-refractivity contribution in [1.29, 1.82) is 5.41 Å². The van der Waals surface area contributed by atoms with Crippen LogP contribution in [0, 0.1) is 11.3 Å². The van der Waals surface area contributed by atoms with E-state index in [1.807, 2.05) is 12.1 Å². The van der Waals surface area contributed by atoms with Crippen molar-refractivity contribution in [1.82, 2.24) is 15.5 Å². The van der Waals surface area contributed by atoms with Gasteiger partial charge in [-0.25, -0.2) is 4.79 Å². The summed E-state index contributed by atoms with van der Waals surface area (Å²) in [6.45, 7) is 0.818. The first-order valence-corrected chi connectivity index (χ1v) is 11.3. The van der Waals surface area contributed by atoms with Crippen molar-refractivity contribution in [3.63, 3.8) is 0 Å². The van der Waals surface area contributed by atoms with Gasteiger partial charge >= 0.3 is 6.09 Å². The third kappa shape index (κ3) is 5.77. The van der Waals surface area contributed by atoms with E-state index >= 15 is 0 Å². The molecular formula is C23H33N5O4. The van der Waals surface area contributed by atoms with Gasteiger partial charge in [0.1, 0.15) is 17.9 Å². The molecule has 32 heavy (non-hydrogen) atoms. The number of rotatable bonds is 7. The summed E-state index contributed by atoms with van der Waals surface area (Å²) in [5, 5.41) is 13.1. The molecule has 1 saturated heterocycles. The number of carbonyl (C=O) groups is 3. The first-order valence-electron chi connectivity index (χ1n) is 11.3. The molecule has 9 heteroatoms. The molecule has 0 radical (unpaired) electrons. The Kier molecular flexibility index (Phi) is 8.08. The van der Waals surface area contributed by atoms with Crippen molar-refractivity contribution in [3.8, 4) is 0 Å². The molecule has 0 aromatic heterocycles. The number of alkyl carbamates (subject to hydrolysis) is 1. The van der Waals surface area contributed by atoms with Crippen LogP contribution in [0.15, 0.2) is 24.3 Å². The number of benzene rings is 1. The SMILES string of the molecule is COC(=O)NC(C(=O)N1CCCC1C(=O)NCc1ccc(C(=N)N)cc1)C1CCCCC1. The summed E-state index contributed by atoms with van der Waals surface area (Å²) in [6.07, 6.45) is 5.67. The van der Waals surface area contributed by atoms with E-state index in [9.17, 15) is 14.4 Å². The second-order valence-corrected chi connectivity index (χ2v) is 8.53. The summed E-state index contributed by atoms with van der Waals surface area (Å²) in [7, 11) is 1.28. The molecule has 3 amide bonds. The topological polar surface area (TPSA) is 138 Å². The lowest BCUT2D eigenvalue weighted by atomic mass is 9.83. The number of nitrogens with two attached hydrogens (primary N) is 1. The Hall–Kier alpha value is -3.10. The zero-order valence-corrected chi connectivity index (χ0v) is 18.6. The molecule has 1 heterocycles. The second kappa shape index (κ2) is 11.0. The summed E-state index contributed by atoms with van der Waals surface area (Å²) in [6, 6.07) is 5.88. The van der Waals surface area contributed by atoms with Gasteiger partial charge in [-0.15, -0.1) is 0 Å². The smallest absolute Gasteiger partial charge is 0.407 e. The molecule has 1 saturated carbocycles. The molecule has 1 aromatic rings. The summed E-state index contributed by atoms with van der Waals surface area (Å²) in [4.78, 5) is 39.9. The molecule has 1 aromatic carbocycles. The van der Waals surface area contributed by atoms with E-state index in [0.717, 1.165) is 44.1 Å². The summed E-state index contributed by atoms with van der Waals surface area (Å²) >= 11 is 0. The quantitative estimate of drug-likeness (QED) is 0.377. The Morgan fingerprint density at radius 3 is 2.44 bits per heavy atom. The number of hydrogen-bond acceptors (Lipinski definition) is 5. The average Bonchev–Trinajstić information content (AvgIpc) is 3.31. The highest BCUT2D eigenvalue weighted by Gasteiger charge is 2.40. The number of ether oxygens (including phenoxy) is 1. The molecule has 0 spiro atoms. The highest BCUT2D eigenvalue weighted by molar-refractivity contribution is 5.95. The van der Waals surface area contributed by atoms with Crippen molar-refractivity contribution < 1.29 is 19.1 Å². The first kappa shape index (κ1) is 23.6. The molecular weight excluding hydrogens is 410 g/mol. The number of nitrogen functional groups attached to an aromatic ring is 1. The monoisotopic (exact) mass is 443 g/mol. The van der Waals surface area contributed by atoms with Gasteiger partial charge in [-0.2, -0.15) is 0 Å². The molecule has 2 aliphatic rings. The maximum atomic E-state index is 13.4. The molecule has 2 atom stereocenters. The van der Waals surface area contributed by atoms with E-state index < -0.39 is 18.2 Å². The Morgan fingerprint density at radius 1 is 1.12 bits per heavy atom. The molecule has 174 valence electrons. The van der Waals surface area contributed by atoms with Gasteiger partial charge in [0.15, 0.2) is 0 Å². The fraction of sp³-hybridized carbons (Fsp3) is 0.565. The average molecular weight is 444 g/mol. The van der Waals surface area contributed by atoms with E-state index in [4.69, 9.17) is 15.9 Å². The van der Waals surface area contributed by atoms with E-state index in [-0.39, 0.29) is 23.6 Å². The zero-order chi connectivity index (χ0) is 23.1. The van der Waals surface area contributed by atoms with Gasteiger partial charge in [-0.1, -0.05) is 43.5 Å². The lowest BCUT2D eigenvalue weighted by Gasteiger charge is -2.34. The van der Waals surface area contributed by atoms with Crippen LogP contribution >= 0.6 is 0 Å². The number of amides is 3. The molecule has 3 rings (SSSR count). The van der Waals surface area contributed by atoms with Crippen LogP contribution in [-0.2, 0) is 20.9 Å². The van der Waals surface area contributed by atoms with Crippen LogP contribution in [0.25, 0.3) is 0 Å². The van der Waals surface area contributed by atoms with Crippen LogP contribution in [0.1, 0.15) is 56.1 Å². The van der Waals surface area contributed by atoms with Gasteiger partial charge in [0.2, 0.25) is 11.8 Å². The molecule has 1 aliphatic heterocycles. The summed E-state index contributed by atoms with van der Waals surface area (Å²) < 4.78 is 4.75. The predicted molar refractivity (Wildman–Crippen MR) is 120 cm³/mol. The van der Waals surface area contributed by atoms with E-state index in [2.05, 4.69) is 10.6 Å². The molecule has 1 aliphatic carbocycles. The third-order valence-corrected chi connectivity index (χ3v) is 6.42. The van der Waals surface area contributed by atoms with Crippen molar-refractivity contribution in [2.45, 2.75) is 63.6 Å². The van der Waals surface area contributed by atoms with Crippen molar-refractivity contribution >= 4 is 23.7 Å². The van der Waals surface area contributed by atoms with Crippen molar-refractivity contribution in [2.24, 2.45) is 11.7 Å². The summed E-state index contributed by atoms with van der Waals surface area (Å²) in [5.41, 5.74) is 6.98. The van der Waals surface area contributed by atoms with E-state index in [1.165, 1.54) is 7.11 Å². The van der Waals surface area contributed by atoms with Gasteiger partial charge in [-0.3, -0.25) is 15.0 Å². The highest BCUT2D eigenvalue weighted by Crippen LogP contribution is 2.29. The normalized spacial score (nSPS) is 19.8. The minimum absolute atomic E-state index is 0.00576. The Labute approximate surface area is 188 Å². The molecule has 5 N–H and O–H groups in total. The fourth-order valence-electron chi connectivity index (χ4n) is 4.63. The van der Waals surface area contributed by atoms with Gasteiger partial charge in [0.25, 0.3) is 0 Å². The highest BCUT2D eigenvalue weighted by atomic mass is 16.5. The Morgan fingerprint density at radius 2 is 1.81 bits per heavy atom. The van der Waals surface area contributed by atoms with E-state index in [0.29, 0.717) is 25.1 Å². The van der Waals surface area contributed by atoms with Crippen LogP contribution in [0.5, 0.6) is 0 Å². The van der Waals surface area contributed by atoms with E-state index in [1.54, 1.807) is 17.0 Å². The number of nitrogens with one attached hydrogen (secondary N) is 3. The minimum atomic E-state index is -0.671. The first-order chi connectivity index (χ1) is 15.4. The van der Waals surface area contributed by atoms with Crippen molar-refractivity contribution in [3.05, 3.63) is 35.4 Å². The predicted octanol–water partition coefficient (Wildman–Crippen LogP) is 1.88. The number of likely N-dealkylation sites (tertiary alicyclic amines) is 1. The third-order valence-electron chi connectivity index (χ3n) is 6.42. The molecule has 2 fully saturated rings. The number of amidine groups is 1. The number of hydrogen-bond donors (Lipinski definition) is 4. The van der Waals surface area contributed by atoms with Gasteiger partial charge in [-0.05, 0) is 37.2 Å². The standard InChI is InChI=1S/C23H33N5O4/c1-32-23(31)27-19(16-6-3-2-4-7-16)22(30)28-13-5-8-18(28)21(29)26-14-15-9-11-17(12-10-15)20(24)25/h9-12,16,18-19H,2-8,13-14H2,1H3,(H3,24,25)(H,26,29)(H,27,31). The maximum Gasteiger partial charge on any atom is 0.407 e. The number of nitrogens with zero attached hydrogens (tertiary/aromatic N) is 1. The lowest BCUT2D eigenvalue weighted by molar-refractivity contribution is -0.141. The van der Waals surface area contributed by atoms with Crippen LogP contribution in [-0.4, -0.2) is 54.4 Å². The van der Waals surface area contributed by atoms with Crippen LogP contribution in [0.4, 0.5) is 4.79 Å². The number of carbonyl (C=O) groups excluding carboxylic acids is 3. The van der Waals surface area contributed by atoms with Crippen molar-refractivity contribution in [2.75, 3.05) is 13.7 Å². The second-order valence-electron chi connectivity index (χ2n) is 8.53. The Balaban J connectivity index is 1.64.